The molecule has 0 spiro atoms. The summed E-state index contributed by atoms with van der Waals surface area (Å²) in [6.07, 6.45) is 0.388. The van der Waals surface area contributed by atoms with Gasteiger partial charge >= 0.3 is 6.16 Å². The van der Waals surface area contributed by atoms with Crippen LogP contribution in [0.15, 0.2) is 24.3 Å². The maximum absolute atomic E-state index is 10.0. The van der Waals surface area contributed by atoms with Crippen LogP contribution in [-0.4, -0.2) is 17.9 Å². The van der Waals surface area contributed by atoms with Crippen LogP contribution >= 0.6 is 0 Å². The van der Waals surface area contributed by atoms with Crippen molar-refractivity contribution >= 4 is 6.16 Å². The standard InChI is InChI=1S/C11H14O3/c1-9-4-2-5-10(8-9)6-3-7-14-11(12)13/h2,4-5,8H,3,6-7H2,1H3,(H,12,13). The molecule has 1 rings (SSSR count). The zero-order chi connectivity index (χ0) is 10.4. The highest BCUT2D eigenvalue weighted by molar-refractivity contribution is 5.56. The number of hydrogen-bond acceptors (Lipinski definition) is 2. The SMILES string of the molecule is Cc1cccc(CCCOC(=O)O)c1. The Morgan fingerprint density at radius 2 is 2.29 bits per heavy atom. The van der Waals surface area contributed by atoms with E-state index in [0.29, 0.717) is 0 Å². The van der Waals surface area contributed by atoms with E-state index in [1.54, 1.807) is 0 Å². The van der Waals surface area contributed by atoms with Crippen LogP contribution in [0.1, 0.15) is 17.5 Å². The van der Waals surface area contributed by atoms with Crippen molar-refractivity contribution in [1.29, 1.82) is 0 Å². The first-order valence-corrected chi connectivity index (χ1v) is 4.60. The Labute approximate surface area is 83.3 Å². The molecule has 0 aliphatic heterocycles. The Bertz CT molecular complexity index is 307. The monoisotopic (exact) mass is 194 g/mol. The molecule has 0 amide bonds. The molecule has 0 radical (unpaired) electrons. The minimum absolute atomic E-state index is 0.267. The molecule has 0 aromatic heterocycles. The second-order valence-corrected chi connectivity index (χ2v) is 3.21. The highest BCUT2D eigenvalue weighted by atomic mass is 16.7. The summed E-state index contributed by atoms with van der Waals surface area (Å²) < 4.78 is 4.41. The minimum Gasteiger partial charge on any atom is -0.450 e. The molecule has 0 saturated carbocycles. The van der Waals surface area contributed by atoms with Gasteiger partial charge in [-0.3, -0.25) is 0 Å². The predicted molar refractivity (Wildman–Crippen MR) is 53.5 cm³/mol. The molecule has 0 saturated heterocycles. The van der Waals surface area contributed by atoms with Gasteiger partial charge in [0, 0.05) is 0 Å². The molecule has 1 aromatic rings. The van der Waals surface area contributed by atoms with E-state index in [0.717, 1.165) is 12.8 Å². The van der Waals surface area contributed by atoms with Gasteiger partial charge in [0.1, 0.15) is 0 Å². The predicted octanol–water partition coefficient (Wildman–Crippen LogP) is 2.62. The Balaban J connectivity index is 2.28. The molecule has 1 N–H and O–H groups in total. The van der Waals surface area contributed by atoms with Crippen LogP contribution in [0, 0.1) is 6.92 Å². The van der Waals surface area contributed by atoms with E-state index in [4.69, 9.17) is 5.11 Å². The maximum Gasteiger partial charge on any atom is 0.505 e. The Kier molecular flexibility index (Phi) is 3.98. The van der Waals surface area contributed by atoms with Gasteiger partial charge in [-0.15, -0.1) is 0 Å². The molecule has 0 aliphatic carbocycles. The van der Waals surface area contributed by atoms with E-state index in [9.17, 15) is 4.79 Å². The van der Waals surface area contributed by atoms with Crippen LogP contribution in [0.5, 0.6) is 0 Å². The lowest BCUT2D eigenvalue weighted by molar-refractivity contribution is 0.0907. The van der Waals surface area contributed by atoms with Gasteiger partial charge in [0.2, 0.25) is 0 Å². The molecule has 0 atom stereocenters. The lowest BCUT2D eigenvalue weighted by Crippen LogP contribution is -2.02. The van der Waals surface area contributed by atoms with Crippen molar-refractivity contribution in [2.45, 2.75) is 19.8 Å². The second kappa shape index (κ2) is 5.27. The molecular weight excluding hydrogens is 180 g/mol. The molecule has 0 heterocycles. The zero-order valence-corrected chi connectivity index (χ0v) is 8.19. The number of aryl methyl sites for hydroxylation is 2. The van der Waals surface area contributed by atoms with Crippen molar-refractivity contribution < 1.29 is 14.6 Å². The lowest BCUT2D eigenvalue weighted by Gasteiger charge is -2.02. The molecule has 76 valence electrons. The quantitative estimate of drug-likeness (QED) is 0.592. The van der Waals surface area contributed by atoms with Gasteiger partial charge < -0.3 is 9.84 Å². The fourth-order valence-electron chi connectivity index (χ4n) is 1.30. The summed E-state index contributed by atoms with van der Waals surface area (Å²) in [5, 5.41) is 8.23. The van der Waals surface area contributed by atoms with Crippen molar-refractivity contribution in [2.75, 3.05) is 6.61 Å². The molecule has 0 aliphatic rings. The van der Waals surface area contributed by atoms with Crippen molar-refractivity contribution in [3.05, 3.63) is 35.4 Å². The summed E-state index contributed by atoms with van der Waals surface area (Å²) >= 11 is 0. The van der Waals surface area contributed by atoms with Crippen molar-refractivity contribution in [3.63, 3.8) is 0 Å². The van der Waals surface area contributed by atoms with Gasteiger partial charge in [-0.1, -0.05) is 29.8 Å². The molecule has 0 bridgehead atoms. The van der Waals surface area contributed by atoms with Gasteiger partial charge in [0.05, 0.1) is 6.61 Å². The summed E-state index contributed by atoms with van der Waals surface area (Å²) in [5.41, 5.74) is 2.45. The number of ether oxygens (including phenoxy) is 1. The van der Waals surface area contributed by atoms with Crippen LogP contribution in [0.25, 0.3) is 0 Å². The number of hydrogen-bond donors (Lipinski definition) is 1. The number of rotatable bonds is 4. The average Bonchev–Trinajstić information content (AvgIpc) is 2.12. The Morgan fingerprint density at radius 1 is 1.50 bits per heavy atom. The van der Waals surface area contributed by atoms with Gasteiger partial charge in [-0.05, 0) is 25.3 Å². The highest BCUT2D eigenvalue weighted by Crippen LogP contribution is 2.06. The molecule has 14 heavy (non-hydrogen) atoms. The molecule has 0 unspecified atom stereocenters. The first kappa shape index (κ1) is 10.6. The van der Waals surface area contributed by atoms with Crippen LogP contribution < -0.4 is 0 Å². The molecule has 0 fully saturated rings. The topological polar surface area (TPSA) is 46.5 Å². The molecular formula is C11H14O3. The summed E-state index contributed by atoms with van der Waals surface area (Å²) in [7, 11) is 0. The summed E-state index contributed by atoms with van der Waals surface area (Å²) in [5.74, 6) is 0. The fourth-order valence-corrected chi connectivity index (χ4v) is 1.30. The highest BCUT2D eigenvalue weighted by Gasteiger charge is 1.97. The van der Waals surface area contributed by atoms with E-state index < -0.39 is 6.16 Å². The van der Waals surface area contributed by atoms with Crippen molar-refractivity contribution in [3.8, 4) is 0 Å². The number of benzene rings is 1. The van der Waals surface area contributed by atoms with E-state index in [2.05, 4.69) is 10.8 Å². The van der Waals surface area contributed by atoms with Crippen LogP contribution in [-0.2, 0) is 11.2 Å². The summed E-state index contributed by atoms with van der Waals surface area (Å²) in [6.45, 7) is 2.31. The van der Waals surface area contributed by atoms with E-state index in [1.807, 2.05) is 25.1 Å². The maximum atomic E-state index is 10.0. The largest absolute Gasteiger partial charge is 0.505 e. The molecule has 3 nitrogen and oxygen atoms in total. The van der Waals surface area contributed by atoms with Crippen LogP contribution in [0.4, 0.5) is 4.79 Å². The third-order valence-electron chi connectivity index (χ3n) is 1.92. The van der Waals surface area contributed by atoms with E-state index in [-0.39, 0.29) is 6.61 Å². The normalized spacial score (nSPS) is 9.79. The molecule has 1 aromatic carbocycles. The van der Waals surface area contributed by atoms with E-state index >= 15 is 0 Å². The van der Waals surface area contributed by atoms with Crippen molar-refractivity contribution in [1.82, 2.24) is 0 Å². The number of carboxylic acid groups (broad SMARTS) is 1. The fraction of sp³-hybridized carbons (Fsp3) is 0.364. The summed E-state index contributed by atoms with van der Waals surface area (Å²) in [4.78, 5) is 10.0. The summed E-state index contributed by atoms with van der Waals surface area (Å²) in [6, 6.07) is 8.18. The third kappa shape index (κ3) is 3.94. The van der Waals surface area contributed by atoms with Crippen LogP contribution in [0.2, 0.25) is 0 Å². The second-order valence-electron chi connectivity index (χ2n) is 3.21. The minimum atomic E-state index is -1.20. The molecule has 3 heteroatoms. The lowest BCUT2D eigenvalue weighted by atomic mass is 10.1. The average molecular weight is 194 g/mol. The Hall–Kier alpha value is -1.51. The van der Waals surface area contributed by atoms with Crippen molar-refractivity contribution in [2.24, 2.45) is 0 Å². The first-order valence-electron chi connectivity index (χ1n) is 4.60. The van der Waals surface area contributed by atoms with Gasteiger partial charge in [-0.2, -0.15) is 0 Å². The van der Waals surface area contributed by atoms with Crippen LogP contribution in [0.3, 0.4) is 0 Å². The van der Waals surface area contributed by atoms with E-state index in [1.165, 1.54) is 11.1 Å². The number of carbonyl (C=O) groups is 1. The zero-order valence-electron chi connectivity index (χ0n) is 8.19. The van der Waals surface area contributed by atoms with Gasteiger partial charge in [0.25, 0.3) is 0 Å². The van der Waals surface area contributed by atoms with Gasteiger partial charge in [0.15, 0.2) is 0 Å². The van der Waals surface area contributed by atoms with Gasteiger partial charge in [-0.25, -0.2) is 4.79 Å². The Morgan fingerprint density at radius 3 is 2.93 bits per heavy atom. The first-order chi connectivity index (χ1) is 6.68. The smallest absolute Gasteiger partial charge is 0.450 e. The third-order valence-corrected chi connectivity index (χ3v) is 1.92.